The van der Waals surface area contributed by atoms with Gasteiger partial charge in [-0.05, 0) is 18.2 Å². The second kappa shape index (κ2) is 4.93. The number of benzene rings is 3. The zero-order chi connectivity index (χ0) is 16.1. The van der Waals surface area contributed by atoms with E-state index in [-0.39, 0.29) is 0 Å². The van der Waals surface area contributed by atoms with Crippen molar-refractivity contribution in [2.75, 3.05) is 0 Å². The van der Waals surface area contributed by atoms with Gasteiger partial charge in [-0.25, -0.2) is 4.98 Å². The highest BCUT2D eigenvalue weighted by Crippen LogP contribution is 2.34. The Morgan fingerprint density at radius 3 is 2.46 bits per heavy atom. The minimum atomic E-state index is 1.02. The van der Waals surface area contributed by atoms with Crippen molar-refractivity contribution in [2.45, 2.75) is 0 Å². The molecule has 0 saturated carbocycles. The minimum absolute atomic E-state index is 1.02. The number of hydrogen-bond acceptors (Lipinski definition) is 1. The van der Waals surface area contributed by atoms with Crippen LogP contribution in [0.25, 0.3) is 44.0 Å². The van der Waals surface area contributed by atoms with Gasteiger partial charge in [0.05, 0.1) is 16.7 Å². The largest absolute Gasteiger partial charge is 0.343 e. The van der Waals surface area contributed by atoms with E-state index in [9.17, 15) is 0 Å². The summed E-state index contributed by atoms with van der Waals surface area (Å²) in [5.74, 6) is 0. The van der Waals surface area contributed by atoms with Gasteiger partial charge in [0.15, 0.2) is 0 Å². The zero-order valence-corrected chi connectivity index (χ0v) is 13.4. The summed E-state index contributed by atoms with van der Waals surface area (Å²) in [6, 6.07) is 27.6. The maximum absolute atomic E-state index is 4.89. The van der Waals surface area contributed by atoms with Crippen LogP contribution in [0.5, 0.6) is 0 Å². The van der Waals surface area contributed by atoms with Crippen LogP contribution in [0.15, 0.2) is 78.9 Å². The molecule has 0 radical (unpaired) electrons. The molecule has 0 bridgehead atoms. The van der Waals surface area contributed by atoms with Gasteiger partial charge in [-0.15, -0.1) is 0 Å². The third-order valence-electron chi connectivity index (χ3n) is 4.80. The quantitative estimate of drug-likeness (QED) is 0.397. The number of rotatable bonds is 1. The Labute approximate surface area is 140 Å². The molecular formula is C22H16N2. The van der Waals surface area contributed by atoms with Gasteiger partial charge in [0.25, 0.3) is 0 Å². The average molecular weight is 308 g/mol. The van der Waals surface area contributed by atoms with Gasteiger partial charge in [0, 0.05) is 34.3 Å². The molecule has 24 heavy (non-hydrogen) atoms. The van der Waals surface area contributed by atoms with Gasteiger partial charge in [-0.3, -0.25) is 0 Å². The summed E-state index contributed by atoms with van der Waals surface area (Å²) in [6.45, 7) is 0. The molecule has 2 nitrogen and oxygen atoms in total. The molecule has 0 saturated heterocycles. The van der Waals surface area contributed by atoms with E-state index in [2.05, 4.69) is 78.3 Å². The molecule has 0 unspecified atom stereocenters. The number of para-hydroxylation sites is 3. The van der Waals surface area contributed by atoms with Gasteiger partial charge in [-0.2, -0.15) is 0 Å². The molecular weight excluding hydrogens is 292 g/mol. The fourth-order valence-corrected chi connectivity index (χ4v) is 3.66. The molecule has 0 N–H and O–H groups in total. The Balaban J connectivity index is 1.88. The summed E-state index contributed by atoms with van der Waals surface area (Å²) in [4.78, 5) is 4.89. The van der Waals surface area contributed by atoms with E-state index in [4.69, 9.17) is 4.98 Å². The highest BCUT2D eigenvalue weighted by Gasteiger charge is 2.13. The molecule has 0 atom stereocenters. The monoisotopic (exact) mass is 308 g/mol. The molecule has 0 aliphatic carbocycles. The number of aromatic nitrogens is 2. The van der Waals surface area contributed by atoms with Crippen LogP contribution in [0.4, 0.5) is 0 Å². The molecule has 0 fully saturated rings. The Morgan fingerprint density at radius 2 is 1.50 bits per heavy atom. The topological polar surface area (TPSA) is 17.8 Å². The van der Waals surface area contributed by atoms with Crippen molar-refractivity contribution in [3.05, 3.63) is 78.9 Å². The molecule has 2 aromatic heterocycles. The van der Waals surface area contributed by atoms with Crippen molar-refractivity contribution in [3.63, 3.8) is 0 Å². The van der Waals surface area contributed by atoms with Gasteiger partial charge in [0.2, 0.25) is 0 Å². The van der Waals surface area contributed by atoms with E-state index in [0.717, 1.165) is 11.2 Å². The summed E-state index contributed by atoms with van der Waals surface area (Å²) >= 11 is 0. The van der Waals surface area contributed by atoms with Crippen molar-refractivity contribution in [3.8, 4) is 11.3 Å². The van der Waals surface area contributed by atoms with Gasteiger partial charge in [0.1, 0.15) is 0 Å². The number of pyridine rings is 1. The lowest BCUT2D eigenvalue weighted by Crippen LogP contribution is -1.91. The van der Waals surface area contributed by atoms with E-state index in [1.807, 2.05) is 12.1 Å². The average Bonchev–Trinajstić information content (AvgIpc) is 2.95. The third kappa shape index (κ3) is 1.80. The molecule has 5 aromatic rings. The van der Waals surface area contributed by atoms with Crippen molar-refractivity contribution in [1.82, 2.24) is 9.55 Å². The summed E-state index contributed by atoms with van der Waals surface area (Å²) in [5, 5.41) is 3.74. The standard InChI is InChI=1S/C22H16N2/c1-24-21-12-5-3-8-16(21)17-9-6-10-18(22(17)24)20-14-13-15-7-2-4-11-19(15)23-20/h2-14H,1H3. The lowest BCUT2D eigenvalue weighted by Gasteiger charge is -2.07. The van der Waals surface area contributed by atoms with Crippen LogP contribution in [-0.4, -0.2) is 9.55 Å². The molecule has 0 aliphatic rings. The van der Waals surface area contributed by atoms with Gasteiger partial charge in [-0.1, -0.05) is 60.7 Å². The van der Waals surface area contributed by atoms with Crippen molar-refractivity contribution in [1.29, 1.82) is 0 Å². The number of hydrogen-bond donors (Lipinski definition) is 0. The van der Waals surface area contributed by atoms with Crippen molar-refractivity contribution >= 4 is 32.7 Å². The smallest absolute Gasteiger partial charge is 0.0730 e. The fourth-order valence-electron chi connectivity index (χ4n) is 3.66. The Kier molecular flexibility index (Phi) is 2.74. The molecule has 5 rings (SSSR count). The van der Waals surface area contributed by atoms with Crippen LogP contribution in [0.3, 0.4) is 0 Å². The van der Waals surface area contributed by atoms with Crippen molar-refractivity contribution < 1.29 is 0 Å². The Bertz CT molecular complexity index is 1210. The van der Waals surface area contributed by atoms with Crippen LogP contribution in [0.1, 0.15) is 0 Å². The summed E-state index contributed by atoms with van der Waals surface area (Å²) in [7, 11) is 2.13. The molecule has 0 aliphatic heterocycles. The first-order valence-corrected chi connectivity index (χ1v) is 8.15. The zero-order valence-electron chi connectivity index (χ0n) is 13.4. The van der Waals surface area contributed by atoms with E-state index >= 15 is 0 Å². The predicted molar refractivity (Wildman–Crippen MR) is 101 cm³/mol. The minimum Gasteiger partial charge on any atom is -0.343 e. The highest BCUT2D eigenvalue weighted by atomic mass is 14.9. The fraction of sp³-hybridized carbons (Fsp3) is 0.0455. The third-order valence-corrected chi connectivity index (χ3v) is 4.80. The molecule has 2 heteroatoms. The van der Waals surface area contributed by atoms with Gasteiger partial charge >= 0.3 is 0 Å². The summed E-state index contributed by atoms with van der Waals surface area (Å²) < 4.78 is 2.27. The Morgan fingerprint density at radius 1 is 0.708 bits per heavy atom. The van der Waals surface area contributed by atoms with Crippen LogP contribution < -0.4 is 0 Å². The number of aryl methyl sites for hydroxylation is 1. The Hall–Kier alpha value is -3.13. The predicted octanol–water partition coefficient (Wildman–Crippen LogP) is 5.55. The SMILES string of the molecule is Cn1c2ccccc2c2cccc(-c3ccc4ccccc4n3)c21. The first kappa shape index (κ1) is 13.3. The highest BCUT2D eigenvalue weighted by molar-refractivity contribution is 6.12. The molecule has 0 amide bonds. The van der Waals surface area contributed by atoms with Crippen LogP contribution >= 0.6 is 0 Å². The number of nitrogens with zero attached hydrogens (tertiary/aromatic N) is 2. The maximum Gasteiger partial charge on any atom is 0.0730 e. The van der Waals surface area contributed by atoms with Gasteiger partial charge < -0.3 is 4.57 Å². The second-order valence-corrected chi connectivity index (χ2v) is 6.17. The van der Waals surface area contributed by atoms with E-state index in [1.54, 1.807) is 0 Å². The van der Waals surface area contributed by atoms with E-state index < -0.39 is 0 Å². The van der Waals surface area contributed by atoms with Crippen LogP contribution in [-0.2, 0) is 7.05 Å². The van der Waals surface area contributed by atoms with Crippen LogP contribution in [0, 0.1) is 0 Å². The lowest BCUT2D eigenvalue weighted by atomic mass is 10.1. The van der Waals surface area contributed by atoms with Crippen LogP contribution in [0.2, 0.25) is 0 Å². The normalized spacial score (nSPS) is 11.5. The maximum atomic E-state index is 4.89. The van der Waals surface area contributed by atoms with E-state index in [1.165, 1.54) is 32.8 Å². The summed E-state index contributed by atoms with van der Waals surface area (Å²) in [6.07, 6.45) is 0. The van der Waals surface area contributed by atoms with E-state index in [0.29, 0.717) is 0 Å². The first-order chi connectivity index (χ1) is 11.8. The second-order valence-electron chi connectivity index (χ2n) is 6.17. The summed E-state index contributed by atoms with van der Waals surface area (Å²) in [5.41, 5.74) is 5.72. The first-order valence-electron chi connectivity index (χ1n) is 8.15. The lowest BCUT2D eigenvalue weighted by molar-refractivity contribution is 1.01. The number of fused-ring (bicyclic) bond motifs is 4. The molecule has 2 heterocycles. The molecule has 114 valence electrons. The molecule has 3 aromatic carbocycles. The van der Waals surface area contributed by atoms with Crippen molar-refractivity contribution in [2.24, 2.45) is 7.05 Å². The molecule has 0 spiro atoms.